The smallest absolute Gasteiger partial charge is 0.430 e. The highest BCUT2D eigenvalue weighted by Gasteiger charge is 2.47. The average molecular weight is 380 g/mol. The second kappa shape index (κ2) is 6.53. The molecule has 6 nitrogen and oxygen atoms in total. The quantitative estimate of drug-likeness (QED) is 0.492. The van der Waals surface area contributed by atoms with Gasteiger partial charge in [0.2, 0.25) is 5.91 Å². The number of carbonyl (C=O) groups excluding carboxylic acids is 2. The van der Waals surface area contributed by atoms with Gasteiger partial charge in [-0.15, -0.1) is 11.3 Å². The van der Waals surface area contributed by atoms with Crippen LogP contribution in [0, 0.1) is 0 Å². The summed E-state index contributed by atoms with van der Waals surface area (Å²) in [5, 5.41) is 1.58. The zero-order valence-corrected chi connectivity index (χ0v) is 17.1. The molecule has 1 aromatic heterocycles. The molecule has 0 atom stereocenters. The number of hydrogen-bond acceptors (Lipinski definition) is 5. The Balaban J connectivity index is 1.75. The molecule has 144 valence electrons. The summed E-state index contributed by atoms with van der Waals surface area (Å²) in [4.78, 5) is 28.4. The van der Waals surface area contributed by atoms with Crippen LogP contribution in [0.5, 0.6) is 0 Å². The molecule has 0 unspecified atom stereocenters. The molecule has 0 aromatic carbocycles. The summed E-state index contributed by atoms with van der Waals surface area (Å²) in [6.07, 6.45) is 3.89. The van der Waals surface area contributed by atoms with Gasteiger partial charge < -0.3 is 9.64 Å². The van der Waals surface area contributed by atoms with Gasteiger partial charge >= 0.3 is 6.09 Å². The number of carbonyl (C=O) groups is 2. The summed E-state index contributed by atoms with van der Waals surface area (Å²) < 4.78 is 5.31. The molecule has 7 heteroatoms. The van der Waals surface area contributed by atoms with Crippen LogP contribution < -0.4 is 10.9 Å². The predicted octanol–water partition coefficient (Wildman–Crippen LogP) is 3.79. The van der Waals surface area contributed by atoms with Crippen molar-refractivity contribution >= 4 is 28.3 Å². The fraction of sp³-hybridized carbons (Fsp3) is 0.684. The molecule has 2 N–H and O–H groups in total. The van der Waals surface area contributed by atoms with Crippen molar-refractivity contribution in [3.8, 4) is 0 Å². The van der Waals surface area contributed by atoms with Crippen molar-refractivity contribution in [2.24, 2.45) is 5.84 Å². The fourth-order valence-corrected chi connectivity index (χ4v) is 4.88. The molecule has 26 heavy (non-hydrogen) atoms. The number of amides is 2. The van der Waals surface area contributed by atoms with E-state index in [1.807, 2.05) is 19.9 Å². The van der Waals surface area contributed by atoms with Crippen LogP contribution in [0.1, 0.15) is 65.2 Å². The van der Waals surface area contributed by atoms with Gasteiger partial charge in [-0.05, 0) is 72.4 Å². The molecule has 3 heterocycles. The molecule has 2 amide bonds. The summed E-state index contributed by atoms with van der Waals surface area (Å²) in [7, 11) is 0. The molecule has 0 radical (unpaired) electrons. The van der Waals surface area contributed by atoms with E-state index in [4.69, 9.17) is 10.6 Å². The maximum Gasteiger partial charge on any atom is 0.430 e. The fourth-order valence-electron chi connectivity index (χ4n) is 3.87. The Bertz CT molecular complexity index is 687. The van der Waals surface area contributed by atoms with E-state index in [1.165, 1.54) is 11.3 Å². The van der Waals surface area contributed by atoms with Gasteiger partial charge in [0.05, 0.1) is 5.41 Å². The molecule has 2 aliphatic rings. The van der Waals surface area contributed by atoms with Gasteiger partial charge in [0.1, 0.15) is 10.6 Å². The first kappa shape index (κ1) is 19.2. The third-order valence-corrected chi connectivity index (χ3v) is 6.67. The minimum Gasteiger partial charge on any atom is -0.442 e. The lowest BCUT2D eigenvalue weighted by atomic mass is 9.89. The van der Waals surface area contributed by atoms with E-state index in [2.05, 4.69) is 4.90 Å². The summed E-state index contributed by atoms with van der Waals surface area (Å²) in [6, 6.07) is 4.47. The van der Waals surface area contributed by atoms with Crippen molar-refractivity contribution in [2.45, 2.75) is 83.4 Å². The first-order chi connectivity index (χ1) is 12.0. The lowest BCUT2D eigenvalue weighted by Gasteiger charge is -2.31. The average Bonchev–Trinajstić information content (AvgIpc) is 3.27. The second-order valence-corrected chi connectivity index (χ2v) is 9.85. The number of rotatable bonds is 3. The van der Waals surface area contributed by atoms with Crippen LogP contribution in [-0.2, 0) is 14.9 Å². The summed E-state index contributed by atoms with van der Waals surface area (Å²) >= 11 is 1.36. The van der Waals surface area contributed by atoms with Crippen LogP contribution in [0.25, 0.3) is 0 Å². The maximum atomic E-state index is 13.2. The highest BCUT2D eigenvalue weighted by molar-refractivity contribution is 7.16. The number of nitrogens with zero attached hydrogens (tertiary/aromatic N) is 2. The van der Waals surface area contributed by atoms with Gasteiger partial charge in [-0.25, -0.2) is 15.6 Å². The zero-order chi connectivity index (χ0) is 19.3. The lowest BCUT2D eigenvalue weighted by Crippen LogP contribution is -2.45. The molecule has 0 spiro atoms. The molecule has 3 rings (SSSR count). The van der Waals surface area contributed by atoms with Gasteiger partial charge in [-0.3, -0.25) is 4.79 Å². The number of thiophene rings is 1. The van der Waals surface area contributed by atoms with Gasteiger partial charge in [-0.2, -0.15) is 0 Å². The Hall–Kier alpha value is -1.60. The minimum absolute atomic E-state index is 0.178. The molecule has 2 fully saturated rings. The van der Waals surface area contributed by atoms with Crippen LogP contribution in [0.15, 0.2) is 12.1 Å². The van der Waals surface area contributed by atoms with E-state index < -0.39 is 17.1 Å². The first-order valence-electron chi connectivity index (χ1n) is 9.21. The van der Waals surface area contributed by atoms with E-state index in [-0.39, 0.29) is 5.91 Å². The molecule has 1 aromatic rings. The van der Waals surface area contributed by atoms with Crippen molar-refractivity contribution in [1.82, 2.24) is 4.90 Å². The molecule has 0 aliphatic carbocycles. The highest BCUT2D eigenvalue weighted by Crippen LogP contribution is 2.42. The van der Waals surface area contributed by atoms with Crippen LogP contribution in [0.3, 0.4) is 0 Å². The Morgan fingerprint density at radius 1 is 1.12 bits per heavy atom. The van der Waals surface area contributed by atoms with Gasteiger partial charge in [0.15, 0.2) is 0 Å². The van der Waals surface area contributed by atoms with Crippen LogP contribution in [0.4, 0.5) is 9.80 Å². The van der Waals surface area contributed by atoms with Crippen LogP contribution in [0.2, 0.25) is 0 Å². The van der Waals surface area contributed by atoms with E-state index in [9.17, 15) is 9.59 Å². The topological polar surface area (TPSA) is 75.9 Å². The van der Waals surface area contributed by atoms with E-state index in [1.54, 1.807) is 26.8 Å². The summed E-state index contributed by atoms with van der Waals surface area (Å²) in [5.41, 5.74) is -1.25. The Labute approximate surface area is 159 Å². The zero-order valence-electron chi connectivity index (χ0n) is 16.2. The second-order valence-electron chi connectivity index (χ2n) is 8.79. The number of fused-ring (bicyclic) bond motifs is 2. The van der Waals surface area contributed by atoms with Crippen molar-refractivity contribution in [3.05, 3.63) is 17.0 Å². The van der Waals surface area contributed by atoms with Crippen LogP contribution in [-0.4, -0.2) is 34.6 Å². The lowest BCUT2D eigenvalue weighted by molar-refractivity contribution is -0.137. The van der Waals surface area contributed by atoms with Gasteiger partial charge in [0, 0.05) is 17.0 Å². The summed E-state index contributed by atoms with van der Waals surface area (Å²) in [5.74, 6) is 6.11. The number of anilines is 1. The molecular formula is C19H29N3O3S. The molecule has 2 bridgehead atoms. The van der Waals surface area contributed by atoms with Crippen LogP contribution >= 0.6 is 11.3 Å². The first-order valence-corrected chi connectivity index (χ1v) is 10.0. The number of ether oxygens (including phenoxy) is 1. The Morgan fingerprint density at radius 3 is 2.15 bits per heavy atom. The Kier molecular flexibility index (Phi) is 4.82. The SMILES string of the molecule is CC(C)(C)OC(=O)N(N)c1ccc(C(C)(C)C(=O)N2C3CCC2CC3)s1. The van der Waals surface area contributed by atoms with Crippen molar-refractivity contribution in [2.75, 3.05) is 5.01 Å². The third kappa shape index (κ3) is 3.47. The number of nitrogens with two attached hydrogens (primary N) is 1. The van der Waals surface area contributed by atoms with Crippen molar-refractivity contribution in [1.29, 1.82) is 0 Å². The monoisotopic (exact) mass is 379 g/mol. The highest BCUT2D eigenvalue weighted by atomic mass is 32.1. The number of hydrazine groups is 1. The minimum atomic E-state index is -0.636. The predicted molar refractivity (Wildman–Crippen MR) is 103 cm³/mol. The van der Waals surface area contributed by atoms with E-state index in [0.29, 0.717) is 17.1 Å². The molecular weight excluding hydrogens is 350 g/mol. The maximum absolute atomic E-state index is 13.2. The van der Waals surface area contributed by atoms with E-state index in [0.717, 1.165) is 35.6 Å². The van der Waals surface area contributed by atoms with Gasteiger partial charge in [0.25, 0.3) is 0 Å². The van der Waals surface area contributed by atoms with E-state index >= 15 is 0 Å². The normalized spacial score (nSPS) is 22.6. The largest absolute Gasteiger partial charge is 0.442 e. The molecule has 0 saturated carbocycles. The summed E-state index contributed by atoms with van der Waals surface area (Å²) in [6.45, 7) is 9.30. The standard InChI is InChI=1S/C19H29N3O3S/c1-18(2,3)25-17(24)22(20)15-11-10-14(26-15)19(4,5)16(23)21-12-6-7-13(21)9-8-12/h10-13H,6-9,20H2,1-5H3. The van der Waals surface area contributed by atoms with Crippen molar-refractivity contribution < 1.29 is 14.3 Å². The Morgan fingerprint density at radius 2 is 1.65 bits per heavy atom. The number of hydrogen-bond donors (Lipinski definition) is 1. The molecule has 2 aliphatic heterocycles. The van der Waals surface area contributed by atoms with Crippen molar-refractivity contribution in [3.63, 3.8) is 0 Å². The third-order valence-electron chi connectivity index (χ3n) is 5.26. The molecule has 2 saturated heterocycles. The van der Waals surface area contributed by atoms with Gasteiger partial charge in [-0.1, -0.05) is 0 Å².